The predicted octanol–water partition coefficient (Wildman–Crippen LogP) is 4.19. The van der Waals surface area contributed by atoms with Crippen molar-refractivity contribution in [3.05, 3.63) is 62.8 Å². The second kappa shape index (κ2) is 6.24. The Labute approximate surface area is 132 Å². The molecular formula is C14H8BrClFNO3. The first kappa shape index (κ1) is 15.5. The highest BCUT2D eigenvalue weighted by atomic mass is 79.9. The topological polar surface area (TPSA) is 66.4 Å². The van der Waals surface area contributed by atoms with Gasteiger partial charge in [0.1, 0.15) is 5.82 Å². The van der Waals surface area contributed by atoms with Gasteiger partial charge in [-0.05, 0) is 40.2 Å². The van der Waals surface area contributed by atoms with Crippen molar-refractivity contribution in [1.29, 1.82) is 0 Å². The van der Waals surface area contributed by atoms with E-state index in [9.17, 15) is 14.0 Å². The van der Waals surface area contributed by atoms with E-state index in [0.29, 0.717) is 4.47 Å². The van der Waals surface area contributed by atoms with Gasteiger partial charge in [-0.3, -0.25) is 4.79 Å². The van der Waals surface area contributed by atoms with Crippen LogP contribution in [0, 0.1) is 5.82 Å². The van der Waals surface area contributed by atoms with Crippen molar-refractivity contribution >= 4 is 45.1 Å². The predicted molar refractivity (Wildman–Crippen MR) is 80.5 cm³/mol. The Balaban J connectivity index is 2.41. The van der Waals surface area contributed by atoms with Gasteiger partial charge in [-0.1, -0.05) is 23.7 Å². The van der Waals surface area contributed by atoms with Crippen LogP contribution in [0.15, 0.2) is 40.9 Å². The maximum atomic E-state index is 13.3. The average molecular weight is 373 g/mol. The number of carbonyl (C=O) groups excluding carboxylic acids is 1. The molecule has 7 heteroatoms. The maximum Gasteiger partial charge on any atom is 0.337 e. The Hall–Kier alpha value is -1.92. The normalized spacial score (nSPS) is 10.2. The van der Waals surface area contributed by atoms with Gasteiger partial charge >= 0.3 is 5.97 Å². The summed E-state index contributed by atoms with van der Waals surface area (Å²) in [5.74, 6) is -2.62. The second-order valence-electron chi connectivity index (χ2n) is 4.02. The number of hydrogen-bond donors (Lipinski definition) is 2. The second-order valence-corrected chi connectivity index (χ2v) is 5.26. The number of carboxylic acids is 1. The zero-order valence-electron chi connectivity index (χ0n) is 10.4. The first-order valence-corrected chi connectivity index (χ1v) is 6.86. The molecule has 2 aromatic carbocycles. The van der Waals surface area contributed by atoms with Crippen molar-refractivity contribution in [2.24, 2.45) is 0 Å². The summed E-state index contributed by atoms with van der Waals surface area (Å²) in [6.45, 7) is 0. The van der Waals surface area contributed by atoms with E-state index in [4.69, 9.17) is 16.7 Å². The lowest BCUT2D eigenvalue weighted by Gasteiger charge is -2.11. The molecule has 0 spiro atoms. The lowest BCUT2D eigenvalue weighted by molar-refractivity contribution is 0.0698. The Morgan fingerprint density at radius 1 is 1.14 bits per heavy atom. The standard InChI is InChI=1S/C14H8BrClFNO3/c15-9-5-1-4-8(14(20)21)12(9)18-13(19)7-3-2-6-10(17)11(7)16/h1-6H,(H,18,19)(H,20,21). The molecule has 2 N–H and O–H groups in total. The number of carboxylic acid groups (broad SMARTS) is 1. The van der Waals surface area contributed by atoms with Gasteiger partial charge in [0.25, 0.3) is 5.91 Å². The third-order valence-electron chi connectivity index (χ3n) is 2.68. The number of anilines is 1. The highest BCUT2D eigenvalue weighted by molar-refractivity contribution is 9.10. The lowest BCUT2D eigenvalue weighted by atomic mass is 10.1. The fourth-order valence-corrected chi connectivity index (χ4v) is 2.37. The zero-order chi connectivity index (χ0) is 15.6. The third kappa shape index (κ3) is 3.22. The van der Waals surface area contributed by atoms with Crippen LogP contribution in [-0.4, -0.2) is 17.0 Å². The third-order valence-corrected chi connectivity index (χ3v) is 3.72. The largest absolute Gasteiger partial charge is 0.478 e. The summed E-state index contributed by atoms with van der Waals surface area (Å²) >= 11 is 8.90. The van der Waals surface area contributed by atoms with Crippen LogP contribution in [0.1, 0.15) is 20.7 Å². The van der Waals surface area contributed by atoms with Crippen molar-refractivity contribution < 1.29 is 19.1 Å². The van der Waals surface area contributed by atoms with Crippen LogP contribution in [0.5, 0.6) is 0 Å². The molecule has 0 saturated heterocycles. The molecule has 0 unspecified atom stereocenters. The minimum Gasteiger partial charge on any atom is -0.478 e. The number of benzene rings is 2. The number of amides is 1. The van der Waals surface area contributed by atoms with Gasteiger partial charge in [0.15, 0.2) is 0 Å². The summed E-state index contributed by atoms with van der Waals surface area (Å²) in [5.41, 5.74) is -0.0932. The van der Waals surface area contributed by atoms with Gasteiger partial charge in [-0.15, -0.1) is 0 Å². The van der Waals surface area contributed by atoms with Crippen LogP contribution in [0.3, 0.4) is 0 Å². The number of halogens is 3. The summed E-state index contributed by atoms with van der Waals surface area (Å²) < 4.78 is 13.7. The minimum absolute atomic E-state index is 0.0790. The van der Waals surface area contributed by atoms with Gasteiger partial charge in [0.2, 0.25) is 0 Å². The van der Waals surface area contributed by atoms with E-state index in [1.165, 1.54) is 24.3 Å². The fraction of sp³-hybridized carbons (Fsp3) is 0. The van der Waals surface area contributed by atoms with Gasteiger partial charge < -0.3 is 10.4 Å². The van der Waals surface area contributed by atoms with Gasteiger partial charge in [-0.2, -0.15) is 0 Å². The van der Waals surface area contributed by atoms with E-state index in [2.05, 4.69) is 21.2 Å². The van der Waals surface area contributed by atoms with Crippen LogP contribution in [-0.2, 0) is 0 Å². The molecule has 108 valence electrons. The Kier molecular flexibility index (Phi) is 4.59. The molecule has 0 saturated carbocycles. The molecule has 1 amide bonds. The first-order chi connectivity index (χ1) is 9.91. The molecule has 0 radical (unpaired) electrons. The number of nitrogens with one attached hydrogen (secondary N) is 1. The van der Waals surface area contributed by atoms with Gasteiger partial charge in [-0.25, -0.2) is 9.18 Å². The Morgan fingerprint density at radius 3 is 2.43 bits per heavy atom. The smallest absolute Gasteiger partial charge is 0.337 e. The van der Waals surface area contributed by atoms with Crippen molar-refractivity contribution in [3.63, 3.8) is 0 Å². The summed E-state index contributed by atoms with van der Waals surface area (Å²) in [5, 5.41) is 11.2. The molecule has 0 heterocycles. The molecule has 0 bridgehead atoms. The molecule has 0 aromatic heterocycles. The van der Waals surface area contributed by atoms with E-state index >= 15 is 0 Å². The molecule has 0 atom stereocenters. The van der Waals surface area contributed by atoms with Gasteiger partial charge in [0, 0.05) is 4.47 Å². The molecule has 0 aliphatic heterocycles. The first-order valence-electron chi connectivity index (χ1n) is 5.69. The molecule has 2 aromatic rings. The van der Waals surface area contributed by atoms with Crippen molar-refractivity contribution in [2.75, 3.05) is 5.32 Å². The molecular weight excluding hydrogens is 365 g/mol. The van der Waals surface area contributed by atoms with Crippen molar-refractivity contribution in [3.8, 4) is 0 Å². The molecule has 21 heavy (non-hydrogen) atoms. The Bertz CT molecular complexity index is 736. The molecule has 0 aliphatic carbocycles. The summed E-state index contributed by atoms with van der Waals surface area (Å²) in [6, 6.07) is 8.26. The number of aromatic carboxylic acids is 1. The van der Waals surface area contributed by atoms with E-state index in [1.54, 1.807) is 6.07 Å². The maximum absolute atomic E-state index is 13.3. The fourth-order valence-electron chi connectivity index (χ4n) is 1.69. The Morgan fingerprint density at radius 2 is 1.76 bits per heavy atom. The highest BCUT2D eigenvalue weighted by Gasteiger charge is 2.18. The van der Waals surface area contributed by atoms with Crippen LogP contribution >= 0.6 is 27.5 Å². The average Bonchev–Trinajstić information content (AvgIpc) is 2.43. The quantitative estimate of drug-likeness (QED) is 0.849. The lowest BCUT2D eigenvalue weighted by Crippen LogP contribution is -2.16. The van der Waals surface area contributed by atoms with E-state index in [1.807, 2.05) is 0 Å². The summed E-state index contributed by atoms with van der Waals surface area (Å²) in [4.78, 5) is 23.3. The minimum atomic E-state index is -1.20. The molecule has 0 aliphatic rings. The number of para-hydroxylation sites is 1. The van der Waals surface area contributed by atoms with E-state index in [-0.39, 0.29) is 21.8 Å². The zero-order valence-corrected chi connectivity index (χ0v) is 12.7. The van der Waals surface area contributed by atoms with Crippen molar-refractivity contribution in [2.45, 2.75) is 0 Å². The van der Waals surface area contributed by atoms with Crippen LogP contribution < -0.4 is 5.32 Å². The summed E-state index contributed by atoms with van der Waals surface area (Å²) in [7, 11) is 0. The summed E-state index contributed by atoms with van der Waals surface area (Å²) in [6.07, 6.45) is 0. The van der Waals surface area contributed by atoms with Gasteiger partial charge in [0.05, 0.1) is 21.8 Å². The molecule has 4 nitrogen and oxygen atoms in total. The van der Waals surface area contributed by atoms with E-state index < -0.39 is 17.7 Å². The highest BCUT2D eigenvalue weighted by Crippen LogP contribution is 2.28. The van der Waals surface area contributed by atoms with Crippen LogP contribution in [0.25, 0.3) is 0 Å². The van der Waals surface area contributed by atoms with Crippen LogP contribution in [0.4, 0.5) is 10.1 Å². The van der Waals surface area contributed by atoms with Crippen LogP contribution in [0.2, 0.25) is 5.02 Å². The monoisotopic (exact) mass is 371 g/mol. The SMILES string of the molecule is O=C(Nc1c(Br)cccc1C(=O)O)c1cccc(F)c1Cl. The molecule has 2 rings (SSSR count). The van der Waals surface area contributed by atoms with E-state index in [0.717, 1.165) is 6.07 Å². The number of hydrogen-bond acceptors (Lipinski definition) is 2. The number of rotatable bonds is 3. The molecule has 0 fully saturated rings. The van der Waals surface area contributed by atoms with Crippen molar-refractivity contribution in [1.82, 2.24) is 0 Å². The number of carbonyl (C=O) groups is 2.